The van der Waals surface area contributed by atoms with E-state index < -0.39 is 17.8 Å². The van der Waals surface area contributed by atoms with Crippen molar-refractivity contribution < 1.29 is 19.1 Å². The number of rotatable bonds is 6. The van der Waals surface area contributed by atoms with Gasteiger partial charge < -0.3 is 10.4 Å². The molecule has 3 aromatic rings. The van der Waals surface area contributed by atoms with Crippen LogP contribution in [0.2, 0.25) is 0 Å². The molecule has 1 amide bonds. The van der Waals surface area contributed by atoms with Gasteiger partial charge >= 0.3 is 5.97 Å². The monoisotopic (exact) mass is 341 g/mol. The summed E-state index contributed by atoms with van der Waals surface area (Å²) in [6.07, 6.45) is 1.37. The molecule has 2 N–H and O–H groups in total. The number of halogens is 1. The molecule has 3 rings (SSSR count). The van der Waals surface area contributed by atoms with Crippen LogP contribution in [0, 0.1) is 5.82 Å². The molecule has 2 aromatic carbocycles. The van der Waals surface area contributed by atoms with Crippen LogP contribution >= 0.6 is 0 Å². The fourth-order valence-electron chi connectivity index (χ4n) is 2.65. The van der Waals surface area contributed by atoms with Gasteiger partial charge in [0.25, 0.3) is 0 Å². The summed E-state index contributed by atoms with van der Waals surface area (Å²) >= 11 is 0. The lowest BCUT2D eigenvalue weighted by Gasteiger charge is -2.17. The zero-order valence-electron chi connectivity index (χ0n) is 13.2. The Labute approximate surface area is 142 Å². The number of fused-ring (bicyclic) bond motifs is 1. The molecule has 0 radical (unpaired) electrons. The molecule has 1 heterocycles. The topological polar surface area (TPSA) is 84.2 Å². The first-order chi connectivity index (χ1) is 12.0. The maximum absolute atomic E-state index is 13.1. The number of carboxylic acids is 1. The molecule has 0 spiro atoms. The van der Waals surface area contributed by atoms with E-state index in [1.807, 2.05) is 24.3 Å². The summed E-state index contributed by atoms with van der Waals surface area (Å²) < 4.78 is 14.6. The number of hydrogen-bond acceptors (Lipinski definition) is 3. The predicted octanol–water partition coefficient (Wildman–Crippen LogP) is 2.51. The number of carbonyl (C=O) groups excluding carboxylic acids is 1. The number of aromatic nitrogens is 2. The number of aliphatic carboxylic acids is 1. The average molecular weight is 341 g/mol. The van der Waals surface area contributed by atoms with Gasteiger partial charge in [-0.1, -0.05) is 30.3 Å². The highest BCUT2D eigenvalue weighted by atomic mass is 19.1. The molecule has 1 unspecified atom stereocenters. The van der Waals surface area contributed by atoms with Gasteiger partial charge in [0.2, 0.25) is 5.91 Å². The van der Waals surface area contributed by atoms with Crippen LogP contribution in [-0.2, 0) is 16.1 Å². The summed E-state index contributed by atoms with van der Waals surface area (Å²) in [5.74, 6) is -1.85. The van der Waals surface area contributed by atoms with E-state index in [9.17, 15) is 14.0 Å². The first kappa shape index (κ1) is 16.6. The van der Waals surface area contributed by atoms with E-state index in [1.54, 1.807) is 10.9 Å². The Morgan fingerprint density at radius 2 is 1.88 bits per heavy atom. The molecular formula is C18H16FN3O3. The number of benzene rings is 2. The maximum Gasteiger partial charge on any atom is 0.305 e. The fourth-order valence-corrected chi connectivity index (χ4v) is 2.65. The van der Waals surface area contributed by atoms with Gasteiger partial charge in [0, 0.05) is 5.39 Å². The predicted molar refractivity (Wildman–Crippen MR) is 89.3 cm³/mol. The SMILES string of the molecule is O=C(O)CC(NC(=O)Cn1ncc2ccccc21)c1ccc(F)cc1. The number of para-hydroxylation sites is 1. The highest BCUT2D eigenvalue weighted by Gasteiger charge is 2.19. The van der Waals surface area contributed by atoms with Gasteiger partial charge in [0.1, 0.15) is 12.4 Å². The zero-order valence-corrected chi connectivity index (χ0v) is 13.2. The molecular weight excluding hydrogens is 325 g/mol. The molecule has 0 aliphatic heterocycles. The van der Waals surface area contributed by atoms with Crippen molar-refractivity contribution in [3.05, 3.63) is 66.1 Å². The second-order valence-corrected chi connectivity index (χ2v) is 5.63. The summed E-state index contributed by atoms with van der Waals surface area (Å²) in [7, 11) is 0. The Kier molecular flexibility index (Phi) is 4.74. The number of carboxylic acid groups (broad SMARTS) is 1. The van der Waals surface area contributed by atoms with Crippen molar-refractivity contribution in [1.82, 2.24) is 15.1 Å². The lowest BCUT2D eigenvalue weighted by Crippen LogP contribution is -2.33. The quantitative estimate of drug-likeness (QED) is 0.721. The van der Waals surface area contributed by atoms with Gasteiger partial charge in [-0.2, -0.15) is 5.10 Å². The van der Waals surface area contributed by atoms with Gasteiger partial charge in [-0.05, 0) is 23.8 Å². The lowest BCUT2D eigenvalue weighted by molar-refractivity contribution is -0.137. The summed E-state index contributed by atoms with van der Waals surface area (Å²) in [6.45, 7) is -0.0369. The number of amides is 1. The van der Waals surface area contributed by atoms with E-state index >= 15 is 0 Å². The smallest absolute Gasteiger partial charge is 0.305 e. The molecule has 0 saturated carbocycles. The first-order valence-corrected chi connectivity index (χ1v) is 7.70. The van der Waals surface area contributed by atoms with Crippen molar-refractivity contribution in [2.24, 2.45) is 0 Å². The largest absolute Gasteiger partial charge is 0.481 e. The van der Waals surface area contributed by atoms with E-state index in [0.29, 0.717) is 5.56 Å². The highest BCUT2D eigenvalue weighted by molar-refractivity contribution is 5.82. The van der Waals surface area contributed by atoms with Crippen molar-refractivity contribution >= 4 is 22.8 Å². The van der Waals surface area contributed by atoms with E-state index in [1.165, 1.54) is 24.3 Å². The van der Waals surface area contributed by atoms with Crippen LogP contribution in [0.5, 0.6) is 0 Å². The van der Waals surface area contributed by atoms with Crippen LogP contribution in [0.3, 0.4) is 0 Å². The number of nitrogens with zero attached hydrogens (tertiary/aromatic N) is 2. The molecule has 6 nitrogen and oxygen atoms in total. The lowest BCUT2D eigenvalue weighted by atomic mass is 10.0. The van der Waals surface area contributed by atoms with Crippen molar-refractivity contribution in [3.63, 3.8) is 0 Å². The third-order valence-electron chi connectivity index (χ3n) is 3.83. The van der Waals surface area contributed by atoms with Gasteiger partial charge in [0.05, 0.1) is 24.2 Å². The average Bonchev–Trinajstić information content (AvgIpc) is 2.98. The third-order valence-corrected chi connectivity index (χ3v) is 3.83. The molecule has 0 bridgehead atoms. The summed E-state index contributed by atoms with van der Waals surface area (Å²) in [5.41, 5.74) is 1.34. The van der Waals surface area contributed by atoms with Gasteiger partial charge in [0.15, 0.2) is 0 Å². The molecule has 1 atom stereocenters. The Hall–Kier alpha value is -3.22. The minimum absolute atomic E-state index is 0.0369. The second-order valence-electron chi connectivity index (χ2n) is 5.63. The molecule has 128 valence electrons. The van der Waals surface area contributed by atoms with E-state index in [2.05, 4.69) is 10.4 Å². The van der Waals surface area contributed by atoms with Gasteiger partial charge in [-0.25, -0.2) is 4.39 Å². The van der Waals surface area contributed by atoms with Crippen molar-refractivity contribution in [2.45, 2.75) is 19.0 Å². The van der Waals surface area contributed by atoms with Crippen molar-refractivity contribution in [2.75, 3.05) is 0 Å². The van der Waals surface area contributed by atoms with E-state index in [-0.39, 0.29) is 18.9 Å². The molecule has 0 fully saturated rings. The van der Waals surface area contributed by atoms with Crippen molar-refractivity contribution in [1.29, 1.82) is 0 Å². The molecule has 7 heteroatoms. The first-order valence-electron chi connectivity index (χ1n) is 7.70. The fraction of sp³-hybridized carbons (Fsp3) is 0.167. The molecule has 25 heavy (non-hydrogen) atoms. The number of carbonyl (C=O) groups is 2. The van der Waals surface area contributed by atoms with Crippen LogP contribution in [-0.4, -0.2) is 26.8 Å². The molecule has 1 aromatic heterocycles. The van der Waals surface area contributed by atoms with Crippen molar-refractivity contribution in [3.8, 4) is 0 Å². The standard InChI is InChI=1S/C18H16FN3O3/c19-14-7-5-12(6-8-14)15(9-18(24)25)21-17(23)11-22-16-4-2-1-3-13(16)10-20-22/h1-8,10,15H,9,11H2,(H,21,23)(H,24,25). The minimum atomic E-state index is -1.06. The van der Waals surface area contributed by atoms with Crippen LogP contribution < -0.4 is 5.32 Å². The Morgan fingerprint density at radius 3 is 2.60 bits per heavy atom. The summed E-state index contributed by atoms with van der Waals surface area (Å²) in [6, 6.07) is 12.1. The van der Waals surface area contributed by atoms with Crippen LogP contribution in [0.15, 0.2) is 54.7 Å². The summed E-state index contributed by atoms with van der Waals surface area (Å²) in [4.78, 5) is 23.4. The molecule has 0 aliphatic rings. The van der Waals surface area contributed by atoms with Crippen LogP contribution in [0.25, 0.3) is 10.9 Å². The van der Waals surface area contributed by atoms with Crippen LogP contribution in [0.4, 0.5) is 4.39 Å². The summed E-state index contributed by atoms with van der Waals surface area (Å²) in [5, 5.41) is 16.8. The Morgan fingerprint density at radius 1 is 1.16 bits per heavy atom. The maximum atomic E-state index is 13.1. The Bertz CT molecular complexity index is 905. The normalized spacial score (nSPS) is 12.0. The third kappa shape index (κ3) is 4.00. The van der Waals surface area contributed by atoms with Crippen LogP contribution in [0.1, 0.15) is 18.0 Å². The highest BCUT2D eigenvalue weighted by Crippen LogP contribution is 2.18. The van der Waals surface area contributed by atoms with E-state index in [4.69, 9.17) is 5.11 Å². The Balaban J connectivity index is 1.75. The molecule has 0 saturated heterocycles. The second kappa shape index (κ2) is 7.12. The molecule has 0 aliphatic carbocycles. The zero-order chi connectivity index (χ0) is 17.8. The number of nitrogens with one attached hydrogen (secondary N) is 1. The minimum Gasteiger partial charge on any atom is -0.481 e. The number of hydrogen-bond donors (Lipinski definition) is 2. The van der Waals surface area contributed by atoms with Gasteiger partial charge in [-0.3, -0.25) is 14.3 Å². The van der Waals surface area contributed by atoms with Gasteiger partial charge in [-0.15, -0.1) is 0 Å². The van der Waals surface area contributed by atoms with E-state index in [0.717, 1.165) is 10.9 Å².